The molecule has 0 saturated carbocycles. The van der Waals surface area contributed by atoms with E-state index in [4.69, 9.17) is 0 Å². The SMILES string of the molecule is CC(=O)NC(C)c1nc(C(=O)NCCNS(=O)(=O)c2cccc3c(N(C)C)cccc23)cs1. The third kappa shape index (κ3) is 5.86. The molecule has 1 unspecified atom stereocenters. The van der Waals surface area contributed by atoms with E-state index >= 15 is 0 Å². The van der Waals surface area contributed by atoms with Crippen LogP contribution in [0.4, 0.5) is 5.69 Å². The van der Waals surface area contributed by atoms with Gasteiger partial charge < -0.3 is 15.5 Å². The van der Waals surface area contributed by atoms with E-state index < -0.39 is 15.9 Å². The number of carbonyl (C=O) groups is 2. The molecule has 0 spiro atoms. The first-order valence-electron chi connectivity index (χ1n) is 10.3. The smallest absolute Gasteiger partial charge is 0.270 e. The van der Waals surface area contributed by atoms with Crippen LogP contribution in [-0.4, -0.2) is 52.4 Å². The Balaban J connectivity index is 1.62. The number of anilines is 1. The van der Waals surface area contributed by atoms with Gasteiger partial charge in [0.2, 0.25) is 15.9 Å². The fourth-order valence-electron chi connectivity index (χ4n) is 3.38. The van der Waals surface area contributed by atoms with Gasteiger partial charge in [-0.3, -0.25) is 9.59 Å². The molecule has 11 heteroatoms. The molecule has 0 fully saturated rings. The summed E-state index contributed by atoms with van der Waals surface area (Å²) in [4.78, 5) is 29.9. The van der Waals surface area contributed by atoms with Crippen molar-refractivity contribution in [2.24, 2.45) is 0 Å². The van der Waals surface area contributed by atoms with E-state index in [-0.39, 0.29) is 35.6 Å². The lowest BCUT2D eigenvalue weighted by Crippen LogP contribution is -2.35. The number of benzene rings is 2. The number of nitrogens with zero attached hydrogens (tertiary/aromatic N) is 2. The Hall–Kier alpha value is -3.02. The van der Waals surface area contributed by atoms with Gasteiger partial charge in [0.05, 0.1) is 10.9 Å². The van der Waals surface area contributed by atoms with E-state index in [1.807, 2.05) is 37.2 Å². The summed E-state index contributed by atoms with van der Waals surface area (Å²) in [5.74, 6) is -0.590. The van der Waals surface area contributed by atoms with E-state index in [1.54, 1.807) is 30.5 Å². The Bertz CT molecular complexity index is 1270. The first-order valence-corrected chi connectivity index (χ1v) is 12.7. The summed E-state index contributed by atoms with van der Waals surface area (Å²) in [7, 11) is 0.0267. The summed E-state index contributed by atoms with van der Waals surface area (Å²) in [5, 5.41) is 9.06. The average molecular weight is 490 g/mol. The minimum Gasteiger partial charge on any atom is -0.377 e. The topological polar surface area (TPSA) is 120 Å². The molecule has 0 aliphatic carbocycles. The number of amides is 2. The largest absolute Gasteiger partial charge is 0.377 e. The van der Waals surface area contributed by atoms with E-state index in [1.165, 1.54) is 18.3 Å². The molecule has 0 aliphatic heterocycles. The monoisotopic (exact) mass is 489 g/mol. The maximum atomic E-state index is 12.9. The number of fused-ring (bicyclic) bond motifs is 1. The predicted octanol–water partition coefficient (Wildman–Crippen LogP) is 2.27. The molecule has 0 bridgehead atoms. The van der Waals surface area contributed by atoms with Crippen LogP contribution < -0.4 is 20.3 Å². The van der Waals surface area contributed by atoms with Gasteiger partial charge in [-0.1, -0.05) is 24.3 Å². The van der Waals surface area contributed by atoms with Crippen molar-refractivity contribution in [2.75, 3.05) is 32.1 Å². The van der Waals surface area contributed by atoms with Gasteiger partial charge in [0.15, 0.2) is 0 Å². The van der Waals surface area contributed by atoms with E-state index in [2.05, 4.69) is 20.3 Å². The molecule has 0 saturated heterocycles. The van der Waals surface area contributed by atoms with Gasteiger partial charge in [0.25, 0.3) is 5.91 Å². The Morgan fingerprint density at radius 3 is 2.48 bits per heavy atom. The van der Waals surface area contributed by atoms with Gasteiger partial charge in [0.1, 0.15) is 10.7 Å². The van der Waals surface area contributed by atoms with Gasteiger partial charge in [-0.15, -0.1) is 11.3 Å². The molecule has 2 aromatic carbocycles. The number of aromatic nitrogens is 1. The second-order valence-corrected chi connectivity index (χ2v) is 10.3. The summed E-state index contributed by atoms with van der Waals surface area (Å²) in [6.45, 7) is 3.32. The number of nitrogens with one attached hydrogen (secondary N) is 3. The molecule has 3 N–H and O–H groups in total. The van der Waals surface area contributed by atoms with Crippen LogP contribution >= 0.6 is 11.3 Å². The van der Waals surface area contributed by atoms with Crippen molar-refractivity contribution in [1.29, 1.82) is 0 Å². The number of carbonyl (C=O) groups excluding carboxylic acids is 2. The van der Waals surface area contributed by atoms with E-state index in [9.17, 15) is 18.0 Å². The van der Waals surface area contributed by atoms with E-state index in [0.717, 1.165) is 11.1 Å². The Morgan fingerprint density at radius 1 is 1.09 bits per heavy atom. The van der Waals surface area contributed by atoms with Gasteiger partial charge in [0, 0.05) is 55.9 Å². The molecule has 0 aliphatic rings. The zero-order chi connectivity index (χ0) is 24.2. The highest BCUT2D eigenvalue weighted by Gasteiger charge is 2.19. The van der Waals surface area contributed by atoms with Crippen LogP contribution in [0.1, 0.15) is 35.4 Å². The Labute approximate surface area is 197 Å². The van der Waals surface area contributed by atoms with Crippen molar-refractivity contribution in [2.45, 2.75) is 24.8 Å². The van der Waals surface area contributed by atoms with Crippen molar-refractivity contribution in [3.63, 3.8) is 0 Å². The molecular weight excluding hydrogens is 462 g/mol. The number of hydrogen-bond donors (Lipinski definition) is 3. The molecule has 1 heterocycles. The first kappa shape index (κ1) is 24.6. The summed E-state index contributed by atoms with van der Waals surface area (Å²) in [6.07, 6.45) is 0. The third-order valence-electron chi connectivity index (χ3n) is 4.88. The fraction of sp³-hybridized carbons (Fsp3) is 0.318. The summed E-state index contributed by atoms with van der Waals surface area (Å²) >= 11 is 1.27. The second-order valence-electron chi connectivity index (χ2n) is 7.67. The minimum absolute atomic E-state index is 0.0249. The fourth-order valence-corrected chi connectivity index (χ4v) is 5.43. The Morgan fingerprint density at radius 2 is 1.79 bits per heavy atom. The van der Waals surface area contributed by atoms with Crippen molar-refractivity contribution in [3.8, 4) is 0 Å². The van der Waals surface area contributed by atoms with Crippen LogP contribution in [0.15, 0.2) is 46.7 Å². The molecule has 3 aromatic rings. The molecule has 9 nitrogen and oxygen atoms in total. The van der Waals surface area contributed by atoms with E-state index in [0.29, 0.717) is 10.4 Å². The second kappa shape index (κ2) is 10.3. The van der Waals surface area contributed by atoms with Crippen molar-refractivity contribution < 1.29 is 18.0 Å². The molecule has 3 rings (SSSR count). The number of hydrogen-bond acceptors (Lipinski definition) is 7. The van der Waals surface area contributed by atoms with Crippen LogP contribution in [0.5, 0.6) is 0 Å². The van der Waals surface area contributed by atoms with Crippen molar-refractivity contribution in [3.05, 3.63) is 52.5 Å². The molecule has 176 valence electrons. The summed E-state index contributed by atoms with van der Waals surface area (Å²) in [5.41, 5.74) is 1.15. The van der Waals surface area contributed by atoms with Gasteiger partial charge in [-0.25, -0.2) is 18.1 Å². The zero-order valence-corrected chi connectivity index (χ0v) is 20.5. The normalized spacial score (nSPS) is 12.4. The first-order chi connectivity index (χ1) is 15.6. The number of sulfonamides is 1. The van der Waals surface area contributed by atoms with Crippen molar-refractivity contribution in [1.82, 2.24) is 20.3 Å². The van der Waals surface area contributed by atoms with Gasteiger partial charge in [-0.05, 0) is 19.1 Å². The molecule has 2 amide bonds. The molecule has 1 atom stereocenters. The van der Waals surface area contributed by atoms with Crippen LogP contribution in [0.3, 0.4) is 0 Å². The number of thiazole rings is 1. The van der Waals surface area contributed by atoms with Crippen LogP contribution in [0, 0.1) is 0 Å². The highest BCUT2D eigenvalue weighted by atomic mass is 32.2. The predicted molar refractivity (Wildman–Crippen MR) is 130 cm³/mol. The quantitative estimate of drug-likeness (QED) is 0.397. The summed E-state index contributed by atoms with van der Waals surface area (Å²) < 4.78 is 28.4. The van der Waals surface area contributed by atoms with Crippen molar-refractivity contribution >= 4 is 49.6 Å². The van der Waals surface area contributed by atoms with Crippen LogP contribution in [0.2, 0.25) is 0 Å². The third-order valence-corrected chi connectivity index (χ3v) is 7.42. The zero-order valence-electron chi connectivity index (χ0n) is 18.9. The highest BCUT2D eigenvalue weighted by molar-refractivity contribution is 7.89. The molecule has 0 radical (unpaired) electrons. The maximum absolute atomic E-state index is 12.9. The lowest BCUT2D eigenvalue weighted by atomic mass is 10.1. The molecular formula is C22H27N5O4S2. The minimum atomic E-state index is -3.78. The molecule has 1 aromatic heterocycles. The maximum Gasteiger partial charge on any atom is 0.270 e. The van der Waals surface area contributed by atoms with Gasteiger partial charge >= 0.3 is 0 Å². The lowest BCUT2D eigenvalue weighted by molar-refractivity contribution is -0.119. The van der Waals surface area contributed by atoms with Crippen LogP contribution in [-0.2, 0) is 14.8 Å². The van der Waals surface area contributed by atoms with Crippen LogP contribution in [0.25, 0.3) is 10.8 Å². The standard InChI is InChI=1S/C22H27N5O4S2/c1-14(25-15(2)28)22-26-18(13-32-22)21(29)23-11-12-24-33(30,31)20-10-6-7-16-17(20)8-5-9-19(16)27(3)4/h5-10,13-14,24H,11-12H2,1-4H3,(H,23,29)(H,25,28). The summed E-state index contributed by atoms with van der Waals surface area (Å²) in [6, 6.07) is 10.4. The molecule has 33 heavy (non-hydrogen) atoms. The average Bonchev–Trinajstić information content (AvgIpc) is 3.26. The van der Waals surface area contributed by atoms with Gasteiger partial charge in [-0.2, -0.15) is 0 Å². The highest BCUT2D eigenvalue weighted by Crippen LogP contribution is 2.30. The number of rotatable bonds is 9. The lowest BCUT2D eigenvalue weighted by Gasteiger charge is -2.17. The Kier molecular flexibility index (Phi) is 7.67.